The molecule has 4 saturated carbocycles. The van der Waals surface area contributed by atoms with Crippen molar-refractivity contribution in [1.29, 1.82) is 0 Å². The fourth-order valence-corrected chi connectivity index (χ4v) is 8.22. The van der Waals surface area contributed by atoms with Crippen LogP contribution in [0.15, 0.2) is 0 Å². The van der Waals surface area contributed by atoms with Crippen molar-refractivity contribution in [2.24, 2.45) is 34.5 Å². The van der Waals surface area contributed by atoms with Gasteiger partial charge in [-0.25, -0.2) is 0 Å². The summed E-state index contributed by atoms with van der Waals surface area (Å²) in [5.41, 5.74) is -0.477. The molecule has 0 aromatic rings. The summed E-state index contributed by atoms with van der Waals surface area (Å²) >= 11 is 0. The van der Waals surface area contributed by atoms with Crippen molar-refractivity contribution in [1.82, 2.24) is 0 Å². The lowest BCUT2D eigenvalue weighted by Crippen LogP contribution is -2.64. The predicted molar refractivity (Wildman–Crippen MR) is 102 cm³/mol. The molecule has 0 aromatic heterocycles. The zero-order chi connectivity index (χ0) is 19.4. The van der Waals surface area contributed by atoms with Gasteiger partial charge in [-0.15, -0.1) is 0 Å². The van der Waals surface area contributed by atoms with Gasteiger partial charge in [0.2, 0.25) is 0 Å². The Morgan fingerprint density at radius 2 is 1.56 bits per heavy atom. The van der Waals surface area contributed by atoms with E-state index >= 15 is 0 Å². The molecule has 4 aliphatic carbocycles. The number of rotatable bonds is 0. The Hall–Kier alpha value is -0.450. The summed E-state index contributed by atoms with van der Waals surface area (Å²) in [6.45, 7) is 10.8. The van der Waals surface area contributed by atoms with E-state index < -0.39 is 11.4 Å². The summed E-state index contributed by atoms with van der Waals surface area (Å²) < 4.78 is 13.0. The molecule has 1 saturated heterocycles. The third kappa shape index (κ3) is 2.30. The molecule has 4 heteroatoms. The van der Waals surface area contributed by atoms with E-state index in [0.29, 0.717) is 30.0 Å². The van der Waals surface area contributed by atoms with Crippen molar-refractivity contribution in [3.05, 3.63) is 0 Å². The third-order valence-electron chi connectivity index (χ3n) is 9.92. The van der Waals surface area contributed by atoms with Crippen molar-refractivity contribution < 1.29 is 19.4 Å². The first-order chi connectivity index (χ1) is 12.5. The normalized spacial score (nSPS) is 59.0. The molecule has 27 heavy (non-hydrogen) atoms. The van der Waals surface area contributed by atoms with Gasteiger partial charge in [0.1, 0.15) is 5.78 Å². The largest absolute Gasteiger partial charge is 0.390 e. The average Bonchev–Trinajstić information content (AvgIpc) is 3.02. The highest BCUT2D eigenvalue weighted by Gasteiger charge is 2.70. The molecule has 2 unspecified atom stereocenters. The Balaban J connectivity index is 1.60. The molecular weight excluding hydrogens is 340 g/mol. The molecule has 0 aromatic carbocycles. The van der Waals surface area contributed by atoms with E-state index in [1.54, 1.807) is 0 Å². The van der Waals surface area contributed by atoms with Gasteiger partial charge in [0.15, 0.2) is 5.79 Å². The van der Waals surface area contributed by atoms with Crippen molar-refractivity contribution in [2.75, 3.05) is 0 Å². The van der Waals surface area contributed by atoms with Crippen LogP contribution >= 0.6 is 0 Å². The van der Waals surface area contributed by atoms with Gasteiger partial charge in [0, 0.05) is 18.8 Å². The predicted octanol–water partition coefficient (Wildman–Crippen LogP) is 4.09. The molecule has 1 aliphatic heterocycles. The van der Waals surface area contributed by atoms with Gasteiger partial charge in [-0.2, -0.15) is 0 Å². The van der Waals surface area contributed by atoms with Gasteiger partial charge in [0.05, 0.1) is 17.8 Å². The van der Waals surface area contributed by atoms with Crippen LogP contribution in [0.3, 0.4) is 0 Å². The van der Waals surface area contributed by atoms with Gasteiger partial charge in [-0.05, 0) is 81.5 Å². The van der Waals surface area contributed by atoms with Gasteiger partial charge in [-0.3, -0.25) is 4.79 Å². The van der Waals surface area contributed by atoms with Crippen LogP contribution in [0.5, 0.6) is 0 Å². The van der Waals surface area contributed by atoms with E-state index in [2.05, 4.69) is 13.8 Å². The first-order valence-corrected chi connectivity index (χ1v) is 11.1. The number of aliphatic hydroxyl groups is 1. The van der Waals surface area contributed by atoms with E-state index in [0.717, 1.165) is 38.5 Å². The monoisotopic (exact) mass is 376 g/mol. The summed E-state index contributed by atoms with van der Waals surface area (Å²) in [5, 5.41) is 11.2. The molecule has 0 radical (unpaired) electrons. The second-order valence-electron chi connectivity index (χ2n) is 11.5. The van der Waals surface area contributed by atoms with Crippen LogP contribution in [0.2, 0.25) is 0 Å². The Labute approximate surface area is 163 Å². The number of ketones is 1. The van der Waals surface area contributed by atoms with Gasteiger partial charge < -0.3 is 14.6 Å². The van der Waals surface area contributed by atoms with Crippen LogP contribution in [-0.4, -0.2) is 34.5 Å². The molecular formula is C23H36O4. The third-order valence-corrected chi connectivity index (χ3v) is 9.92. The maximum Gasteiger partial charge on any atom is 0.163 e. The first kappa shape index (κ1) is 18.6. The number of hydrogen-bond donors (Lipinski definition) is 1. The van der Waals surface area contributed by atoms with Crippen molar-refractivity contribution in [3.63, 3.8) is 0 Å². The second kappa shape index (κ2) is 5.37. The minimum absolute atomic E-state index is 0.0170. The second-order valence-corrected chi connectivity index (χ2v) is 11.5. The van der Waals surface area contributed by atoms with Gasteiger partial charge in [-0.1, -0.05) is 13.8 Å². The molecule has 5 aliphatic rings. The molecule has 152 valence electrons. The number of carbonyl (C=O) groups excluding carboxylic acids is 1. The molecule has 0 amide bonds. The summed E-state index contributed by atoms with van der Waals surface area (Å²) in [6, 6.07) is 0. The smallest absolute Gasteiger partial charge is 0.163 e. The summed E-state index contributed by atoms with van der Waals surface area (Å²) in [6.07, 6.45) is 6.64. The highest BCUT2D eigenvalue weighted by molar-refractivity contribution is 5.79. The van der Waals surface area contributed by atoms with Crippen LogP contribution in [0.1, 0.15) is 79.6 Å². The number of fused-ring (bicyclic) bond motifs is 8. The molecule has 5 fully saturated rings. The van der Waals surface area contributed by atoms with Gasteiger partial charge in [0.25, 0.3) is 0 Å². The quantitative estimate of drug-likeness (QED) is 0.692. The standard InChI is InChI=1S/C23H36O4/c1-20(2)26-18-16-12-13(24)6-9-21(16,3)14-7-10-22(4)15(8-11-23(22,5)25)17(14)19(18)27-20/h14-19,25H,6-12H2,1-5H3/t14-,15-,16+,17+,18?,19?,21+,22-,23-/m0/s1. The molecule has 9 atom stereocenters. The Morgan fingerprint density at radius 3 is 2.30 bits per heavy atom. The Kier molecular flexibility index (Phi) is 3.69. The SMILES string of the molecule is CC1(C)OC2C(O1)[C@H]1CC(=O)CC[C@]1(C)[C@H]1CC[C@@]3(C)[C@@H](CC[C@]3(C)O)[C@H]21. The Morgan fingerprint density at radius 1 is 0.889 bits per heavy atom. The molecule has 1 N–H and O–H groups in total. The van der Waals surface area contributed by atoms with Crippen LogP contribution in [0.25, 0.3) is 0 Å². The van der Waals surface area contributed by atoms with Crippen LogP contribution < -0.4 is 0 Å². The minimum Gasteiger partial charge on any atom is -0.390 e. The number of hydrogen-bond acceptors (Lipinski definition) is 4. The van der Waals surface area contributed by atoms with Crippen molar-refractivity contribution in [3.8, 4) is 0 Å². The van der Waals surface area contributed by atoms with E-state index in [9.17, 15) is 9.90 Å². The topological polar surface area (TPSA) is 55.8 Å². The maximum atomic E-state index is 12.4. The van der Waals surface area contributed by atoms with E-state index in [4.69, 9.17) is 9.47 Å². The van der Waals surface area contributed by atoms with E-state index in [1.807, 2.05) is 20.8 Å². The highest BCUT2D eigenvalue weighted by Crippen LogP contribution is 2.69. The first-order valence-electron chi connectivity index (χ1n) is 11.1. The van der Waals surface area contributed by atoms with E-state index in [-0.39, 0.29) is 29.0 Å². The zero-order valence-electron chi connectivity index (χ0n) is 17.6. The summed E-state index contributed by atoms with van der Waals surface area (Å²) in [4.78, 5) is 12.4. The number of ether oxygens (including phenoxy) is 2. The molecule has 4 nitrogen and oxygen atoms in total. The zero-order valence-corrected chi connectivity index (χ0v) is 17.6. The van der Waals surface area contributed by atoms with Crippen LogP contribution in [-0.2, 0) is 14.3 Å². The van der Waals surface area contributed by atoms with Crippen LogP contribution in [0.4, 0.5) is 0 Å². The lowest BCUT2D eigenvalue weighted by atomic mass is 9.43. The molecule has 1 heterocycles. The molecule has 0 bridgehead atoms. The minimum atomic E-state index is -0.590. The Bertz CT molecular complexity index is 669. The lowest BCUT2D eigenvalue weighted by molar-refractivity contribution is -0.194. The number of carbonyl (C=O) groups is 1. The van der Waals surface area contributed by atoms with E-state index in [1.165, 1.54) is 0 Å². The van der Waals surface area contributed by atoms with Crippen molar-refractivity contribution >= 4 is 5.78 Å². The fraction of sp³-hybridized carbons (Fsp3) is 0.957. The maximum absolute atomic E-state index is 12.4. The van der Waals surface area contributed by atoms with Gasteiger partial charge >= 0.3 is 0 Å². The highest BCUT2D eigenvalue weighted by atomic mass is 16.8. The average molecular weight is 377 g/mol. The summed E-state index contributed by atoms with van der Waals surface area (Å²) in [7, 11) is 0. The molecule has 5 rings (SSSR count). The van der Waals surface area contributed by atoms with Crippen LogP contribution in [0, 0.1) is 34.5 Å². The summed E-state index contributed by atoms with van der Waals surface area (Å²) in [5.74, 6) is 1.57. The lowest BCUT2D eigenvalue weighted by Gasteiger charge is -2.63. The van der Waals surface area contributed by atoms with Crippen molar-refractivity contribution in [2.45, 2.75) is 103 Å². The number of Topliss-reactive ketones (excluding diaryl/α,β-unsaturated/α-hetero) is 1. The molecule has 0 spiro atoms. The fourth-order valence-electron chi connectivity index (χ4n) is 8.22.